The zero-order valence-corrected chi connectivity index (χ0v) is 79.6. The molecule has 4 amide bonds. The van der Waals surface area contributed by atoms with Crippen molar-refractivity contribution in [3.63, 3.8) is 0 Å². The molecule has 6 aliphatic rings. The van der Waals surface area contributed by atoms with Gasteiger partial charge in [0.2, 0.25) is 11.8 Å². The number of azide groups is 2. The number of fused-ring (bicyclic) bond motifs is 16. The lowest BCUT2D eigenvalue weighted by Gasteiger charge is -2.31. The normalized spacial score (nSPS) is 15.8. The number of rotatable bonds is 30. The molecule has 0 fully saturated rings. The molecular formula is C105H105Cl3N14O16. The van der Waals surface area contributed by atoms with Gasteiger partial charge in [-0.2, -0.15) is 0 Å². The number of unbranched alkanes of at least 4 members (excludes halogenated alkanes) is 4. The first kappa shape index (κ1) is 98.4. The lowest BCUT2D eigenvalue weighted by Crippen LogP contribution is -2.44. The van der Waals surface area contributed by atoms with Crippen LogP contribution < -0.4 is 25.7 Å². The maximum atomic E-state index is 14.2. The van der Waals surface area contributed by atoms with Crippen LogP contribution in [0, 0.1) is 0 Å². The van der Waals surface area contributed by atoms with E-state index in [4.69, 9.17) is 79.5 Å². The van der Waals surface area contributed by atoms with Gasteiger partial charge in [0.15, 0.2) is 17.9 Å². The summed E-state index contributed by atoms with van der Waals surface area (Å²) in [5.41, 5.74) is 33.2. The lowest BCUT2D eigenvalue weighted by molar-refractivity contribution is -0.172. The Bertz CT molecular complexity index is 6910. The Morgan fingerprint density at radius 1 is 0.507 bits per heavy atom. The van der Waals surface area contributed by atoms with Gasteiger partial charge in [-0.05, 0) is 202 Å². The van der Waals surface area contributed by atoms with Crippen molar-refractivity contribution in [2.45, 2.75) is 167 Å². The van der Waals surface area contributed by atoms with Gasteiger partial charge in [0.1, 0.15) is 43.9 Å². The van der Waals surface area contributed by atoms with Crippen molar-refractivity contribution in [3.8, 4) is 56.5 Å². The molecule has 8 aromatic carbocycles. The average molecular weight is 1930 g/mol. The number of amides is 4. The Morgan fingerprint density at radius 2 is 0.928 bits per heavy atom. The number of phenols is 1. The van der Waals surface area contributed by atoms with E-state index in [1.165, 1.54) is 9.80 Å². The van der Waals surface area contributed by atoms with Gasteiger partial charge in [0.25, 0.3) is 11.1 Å². The van der Waals surface area contributed by atoms with E-state index in [2.05, 4.69) is 74.6 Å². The van der Waals surface area contributed by atoms with Gasteiger partial charge >= 0.3 is 24.1 Å². The summed E-state index contributed by atoms with van der Waals surface area (Å²) in [6, 6.07) is 61.2. The van der Waals surface area contributed by atoms with Crippen molar-refractivity contribution in [1.29, 1.82) is 0 Å². The number of aryl methyl sites for hydroxylation is 2. The van der Waals surface area contributed by atoms with Gasteiger partial charge < -0.3 is 57.9 Å². The fourth-order valence-corrected chi connectivity index (χ4v) is 19.4. The molecule has 138 heavy (non-hydrogen) atoms. The van der Waals surface area contributed by atoms with Crippen LogP contribution in [-0.4, -0.2) is 139 Å². The van der Waals surface area contributed by atoms with Crippen molar-refractivity contribution < 1.29 is 67.8 Å². The molecule has 2 unspecified atom stereocenters. The fourth-order valence-electron chi connectivity index (χ4n) is 19.2. The molecule has 4 atom stereocenters. The highest BCUT2D eigenvalue weighted by Crippen LogP contribution is 2.49. The second-order valence-electron chi connectivity index (χ2n) is 34.5. The van der Waals surface area contributed by atoms with Crippen LogP contribution in [0.1, 0.15) is 182 Å². The molecule has 4 aromatic heterocycles. The molecule has 12 aromatic rings. The molecule has 0 bridgehead atoms. The zero-order valence-electron chi connectivity index (χ0n) is 77.4. The number of pyridine rings is 4. The maximum absolute atomic E-state index is 14.2. The Balaban J connectivity index is 0.000000171. The van der Waals surface area contributed by atoms with Crippen molar-refractivity contribution in [1.82, 2.24) is 28.9 Å². The van der Waals surface area contributed by atoms with Crippen molar-refractivity contribution >= 4 is 104 Å². The first-order valence-corrected chi connectivity index (χ1v) is 47.7. The average Bonchev–Trinajstić information content (AvgIpc) is 1.56. The Labute approximate surface area is 811 Å². The number of benzene rings is 8. The number of aromatic hydroxyl groups is 1. The molecule has 18 rings (SSSR count). The number of alkyl halides is 3. The topological polar surface area (TPSA) is 390 Å². The lowest BCUT2D eigenvalue weighted by atomic mass is 9.86. The number of ether oxygens (including phenoxy) is 5. The van der Waals surface area contributed by atoms with Crippen LogP contribution in [0.15, 0.2) is 214 Å². The molecular weight excluding hydrogens is 1820 g/mol. The molecule has 0 radical (unpaired) electrons. The van der Waals surface area contributed by atoms with Gasteiger partial charge in [0, 0.05) is 113 Å². The molecule has 0 saturated carbocycles. The Hall–Kier alpha value is -14.1. The minimum atomic E-state index is -1.92. The van der Waals surface area contributed by atoms with Crippen molar-refractivity contribution in [2.75, 3.05) is 68.3 Å². The number of hydrogen-bond acceptors (Lipinski definition) is 20. The molecule has 3 N–H and O–H groups in total. The summed E-state index contributed by atoms with van der Waals surface area (Å²) in [5.74, 6) is -1.07. The molecule has 33 heteroatoms. The second kappa shape index (κ2) is 43.9. The van der Waals surface area contributed by atoms with Gasteiger partial charge in [-0.1, -0.05) is 172 Å². The first-order valence-electron chi connectivity index (χ1n) is 46.0. The Morgan fingerprint density at radius 3 is 1.37 bits per heavy atom. The number of hydrogen-bond donors (Lipinski definition) is 3. The van der Waals surface area contributed by atoms with E-state index >= 15 is 0 Å². The molecule has 30 nitrogen and oxygen atoms in total. The SMILES string of the molecule is CCc1c2c(nc3ccc(O)cc13)-c1cc3c(c(=O)n1C2)COC(=O)[C@]3(O)CC.CCc1c2c(nc3ccc(OCN(C(=O)OCC4c5ccccc5-c5ccc(CN(C)C(=O)CCCCCN=[N+]=[N-])cc54)c4ccccc4)cc13)-c1cc3c(c(=O)n1C2)COC(=O)[C@]3(O)CC.CN(Cc1ccc2c(c1)C(COC(=O)N(CCl)c1ccccc1)c1ccccc1-2)C(=O)CCCCCN=[N+]=[N-].ClCCl. The predicted molar refractivity (Wildman–Crippen MR) is 528 cm³/mol. The fraction of sp³-hybridized carbons (Fsp3) is 0.333. The van der Waals surface area contributed by atoms with Gasteiger partial charge in [-0.3, -0.25) is 24.1 Å². The van der Waals surface area contributed by atoms with E-state index in [1.807, 2.05) is 124 Å². The van der Waals surface area contributed by atoms with E-state index < -0.39 is 35.3 Å². The summed E-state index contributed by atoms with van der Waals surface area (Å²) in [6.07, 6.45) is 5.98. The van der Waals surface area contributed by atoms with Crippen LogP contribution in [0.5, 0.6) is 11.5 Å². The monoisotopic (exact) mass is 1920 g/mol. The highest BCUT2D eigenvalue weighted by Gasteiger charge is 2.48. The van der Waals surface area contributed by atoms with E-state index in [-0.39, 0.29) is 116 Å². The summed E-state index contributed by atoms with van der Waals surface area (Å²) in [5, 5.41) is 41.2. The van der Waals surface area contributed by atoms with Crippen LogP contribution in [0.3, 0.4) is 0 Å². The molecule has 8 heterocycles. The molecule has 0 spiro atoms. The number of anilines is 2. The van der Waals surface area contributed by atoms with Crippen LogP contribution in [0.2, 0.25) is 0 Å². The van der Waals surface area contributed by atoms with Crippen LogP contribution in [-0.2, 0) is 102 Å². The van der Waals surface area contributed by atoms with E-state index in [9.17, 15) is 53.7 Å². The summed E-state index contributed by atoms with van der Waals surface area (Å²) in [6.45, 7) is 9.62. The van der Waals surface area contributed by atoms with Crippen LogP contribution in [0.25, 0.3) is 87.7 Å². The predicted octanol–water partition coefficient (Wildman–Crippen LogP) is 20.5. The third-order valence-corrected chi connectivity index (χ3v) is 26.7. The third kappa shape index (κ3) is 20.2. The maximum Gasteiger partial charge on any atom is 0.417 e. The van der Waals surface area contributed by atoms with Gasteiger partial charge in [-0.15, -0.1) is 34.8 Å². The number of para-hydroxylation sites is 2. The highest BCUT2D eigenvalue weighted by molar-refractivity contribution is 6.40. The molecule has 2 aliphatic carbocycles. The number of phenolic OH excluding ortho intramolecular Hbond substituents is 1. The molecule has 712 valence electrons. The number of aromatic nitrogens is 4. The number of halogens is 3. The summed E-state index contributed by atoms with van der Waals surface area (Å²) in [4.78, 5) is 127. The van der Waals surface area contributed by atoms with Crippen molar-refractivity contribution in [2.24, 2.45) is 10.2 Å². The van der Waals surface area contributed by atoms with Crippen LogP contribution in [0.4, 0.5) is 21.0 Å². The van der Waals surface area contributed by atoms with E-state index in [0.29, 0.717) is 115 Å². The standard InChI is InChI=1S/C52H51N7O8.C30H32ClN5O3.C22H20N2O5.CH2Cl2/c1-4-35-40-25-34(20-22-45(40)55-48-41(35)28-58-46(48)26-44-43(49(58)61)30-65-50(62)52(44,64)5-2)67-31-59(33-14-8-6-9-15-33)51(63)66-29-42-37-17-12-11-16-36(37)38-21-19-32(24-39(38)42)27-57(3)47(60)18-10-7-13-23-54-56-53;1-35(29(37)14-6-3-9-17-33-34-32)19-22-15-16-26-24-12-7-8-13-25(24)28(27(26)18-22)20-39-30(38)36(21-31)23-10-4-2-5-11-23;1-3-12-13-7-11(25)5-6-17(13)23-19-14(12)9-24-18(19)8-16-15(20(24)26)10-29-21(27)22(16,28)4-2;2-1-3/h6,8-9,11-12,14-17,19-22,24-26,42,64H,4-5,7,10,13,18,23,27-31H2,1-3H3;2,4-5,7-8,10-13,15-16,18,28H,3,6,9,14,17,19-21H2,1H3;5-8,25,28H,3-4,9-10H2,1-2H3;1H2/t42?,52-;;22-;/m0.0./s1. The summed E-state index contributed by atoms with van der Waals surface area (Å²) in [7, 11) is 3.62. The second-order valence-corrected chi connectivity index (χ2v) is 35.5. The van der Waals surface area contributed by atoms with E-state index in [1.54, 1.807) is 76.2 Å². The molecule has 0 saturated heterocycles. The van der Waals surface area contributed by atoms with Gasteiger partial charge in [-0.25, -0.2) is 34.0 Å². The van der Waals surface area contributed by atoms with Crippen LogP contribution >= 0.6 is 34.8 Å². The highest BCUT2D eigenvalue weighted by atomic mass is 35.5. The minimum absolute atomic E-state index is 0.0149. The number of nitrogens with zero attached hydrogens (tertiary/aromatic N) is 14. The number of aliphatic hydroxyl groups is 2. The summed E-state index contributed by atoms with van der Waals surface area (Å²) >= 11 is 15.6. The quantitative estimate of drug-likeness (QED) is 0.00433. The van der Waals surface area contributed by atoms with Gasteiger partial charge in [0.05, 0.1) is 69.1 Å². The number of carbonyl (C=O) groups excluding carboxylic acids is 6. The number of carbonyl (C=O) groups is 6. The molecule has 4 aliphatic heterocycles. The third-order valence-electron chi connectivity index (χ3n) is 26.4. The zero-order chi connectivity index (χ0) is 97.6. The first-order chi connectivity index (χ1) is 66.9. The smallest absolute Gasteiger partial charge is 0.417 e. The summed E-state index contributed by atoms with van der Waals surface area (Å²) < 4.78 is 32.0. The largest absolute Gasteiger partial charge is 0.508 e. The Kier molecular flexibility index (Phi) is 31.3. The van der Waals surface area contributed by atoms with Crippen molar-refractivity contribution in [3.05, 3.63) is 314 Å². The number of cyclic esters (lactones) is 2. The minimum Gasteiger partial charge on any atom is -0.508 e. The van der Waals surface area contributed by atoms with E-state index in [0.717, 1.165) is 133 Å². The number of esters is 2.